The zero-order valence-corrected chi connectivity index (χ0v) is 13.7. The van der Waals surface area contributed by atoms with E-state index in [0.717, 1.165) is 11.2 Å². The molecule has 0 saturated heterocycles. The smallest absolute Gasteiger partial charge is 0.0887 e. The fourth-order valence-electron chi connectivity index (χ4n) is 3.70. The third kappa shape index (κ3) is 2.09. The number of thiophene rings is 1. The minimum Gasteiger partial charge on any atom is -0.246 e. The van der Waals surface area contributed by atoms with Crippen molar-refractivity contribution < 1.29 is 0 Å². The standard InChI is InChI=1S/C21H17NS/c1-6-12-19-14(7-1)13-20(23-19)21-17-10-3-2-8-15(17)16-9-4-5-11-18(16)22-21/h2-5,8-11,13H,1,6-7,12H2. The quantitative estimate of drug-likeness (QED) is 0.393. The molecule has 2 heteroatoms. The number of aryl methyl sites for hydroxylation is 2. The third-order valence-electron chi connectivity index (χ3n) is 4.84. The molecule has 0 N–H and O–H groups in total. The van der Waals surface area contributed by atoms with Gasteiger partial charge in [-0.3, -0.25) is 0 Å². The molecule has 2 aromatic heterocycles. The number of nitrogens with zero attached hydrogens (tertiary/aromatic N) is 1. The highest BCUT2D eigenvalue weighted by atomic mass is 32.1. The van der Waals surface area contributed by atoms with Gasteiger partial charge in [0.15, 0.2) is 0 Å². The van der Waals surface area contributed by atoms with Crippen LogP contribution >= 0.6 is 11.3 Å². The number of fused-ring (bicyclic) bond motifs is 4. The van der Waals surface area contributed by atoms with Crippen LogP contribution in [0.15, 0.2) is 54.6 Å². The van der Waals surface area contributed by atoms with E-state index in [2.05, 4.69) is 54.6 Å². The molecule has 2 aromatic carbocycles. The van der Waals surface area contributed by atoms with Gasteiger partial charge in [0.1, 0.15) is 0 Å². The number of benzene rings is 2. The molecule has 0 saturated carbocycles. The fourth-order valence-corrected chi connectivity index (χ4v) is 4.96. The maximum Gasteiger partial charge on any atom is 0.0887 e. The van der Waals surface area contributed by atoms with E-state index in [4.69, 9.17) is 4.98 Å². The van der Waals surface area contributed by atoms with Crippen molar-refractivity contribution in [3.05, 3.63) is 65.0 Å². The molecule has 0 radical (unpaired) electrons. The average Bonchev–Trinajstić information content (AvgIpc) is 3.05. The third-order valence-corrected chi connectivity index (χ3v) is 6.08. The van der Waals surface area contributed by atoms with E-state index in [9.17, 15) is 0 Å². The van der Waals surface area contributed by atoms with Gasteiger partial charge in [0.25, 0.3) is 0 Å². The van der Waals surface area contributed by atoms with Crippen LogP contribution in [0, 0.1) is 0 Å². The van der Waals surface area contributed by atoms with Gasteiger partial charge in [0.2, 0.25) is 0 Å². The molecule has 23 heavy (non-hydrogen) atoms. The lowest BCUT2D eigenvalue weighted by atomic mass is 9.98. The summed E-state index contributed by atoms with van der Waals surface area (Å²) in [5.41, 5.74) is 3.79. The van der Waals surface area contributed by atoms with Crippen molar-refractivity contribution in [2.24, 2.45) is 0 Å². The van der Waals surface area contributed by atoms with Crippen molar-refractivity contribution in [3.8, 4) is 10.6 Å². The molecule has 5 rings (SSSR count). The largest absolute Gasteiger partial charge is 0.246 e. The molecule has 1 aliphatic carbocycles. The average molecular weight is 315 g/mol. The monoisotopic (exact) mass is 315 g/mol. The van der Waals surface area contributed by atoms with Crippen molar-refractivity contribution in [1.29, 1.82) is 0 Å². The van der Waals surface area contributed by atoms with Crippen molar-refractivity contribution in [3.63, 3.8) is 0 Å². The lowest BCUT2D eigenvalue weighted by Gasteiger charge is -2.08. The lowest BCUT2D eigenvalue weighted by Crippen LogP contribution is -1.96. The maximum absolute atomic E-state index is 5.03. The summed E-state index contributed by atoms with van der Waals surface area (Å²) in [5, 5.41) is 3.82. The number of pyridine rings is 1. The Morgan fingerprint density at radius 2 is 1.52 bits per heavy atom. The second-order valence-electron chi connectivity index (χ2n) is 6.29. The summed E-state index contributed by atoms with van der Waals surface area (Å²) in [4.78, 5) is 7.93. The molecule has 0 fully saturated rings. The second kappa shape index (κ2) is 5.17. The number of aromatic nitrogens is 1. The first kappa shape index (κ1) is 13.3. The molecular formula is C21H17NS. The Balaban J connectivity index is 1.84. The van der Waals surface area contributed by atoms with Crippen LogP contribution in [0.25, 0.3) is 32.2 Å². The molecule has 4 aromatic rings. The summed E-state index contributed by atoms with van der Waals surface area (Å²) >= 11 is 1.95. The highest BCUT2D eigenvalue weighted by Gasteiger charge is 2.17. The SMILES string of the molecule is c1ccc2c(c1)nc(-c1cc3c(s1)CCCC3)c1ccccc12. The van der Waals surface area contributed by atoms with Crippen LogP contribution in [-0.2, 0) is 12.8 Å². The molecule has 0 bridgehead atoms. The maximum atomic E-state index is 5.03. The predicted molar refractivity (Wildman–Crippen MR) is 99.2 cm³/mol. The summed E-state index contributed by atoms with van der Waals surface area (Å²) in [6.07, 6.45) is 5.14. The van der Waals surface area contributed by atoms with Gasteiger partial charge in [-0.05, 0) is 48.8 Å². The summed E-state index contributed by atoms with van der Waals surface area (Å²) in [6.45, 7) is 0. The lowest BCUT2D eigenvalue weighted by molar-refractivity contribution is 0.697. The van der Waals surface area contributed by atoms with Gasteiger partial charge in [-0.15, -0.1) is 11.3 Å². The van der Waals surface area contributed by atoms with Gasteiger partial charge in [-0.25, -0.2) is 4.98 Å². The summed E-state index contributed by atoms with van der Waals surface area (Å²) in [7, 11) is 0. The molecule has 2 heterocycles. The van der Waals surface area contributed by atoms with Crippen LogP contribution in [-0.4, -0.2) is 4.98 Å². The second-order valence-corrected chi connectivity index (χ2v) is 7.43. The molecule has 1 aliphatic rings. The van der Waals surface area contributed by atoms with Crippen molar-refractivity contribution >= 4 is 33.0 Å². The van der Waals surface area contributed by atoms with Crippen molar-refractivity contribution in [2.45, 2.75) is 25.7 Å². The Morgan fingerprint density at radius 3 is 2.39 bits per heavy atom. The van der Waals surface area contributed by atoms with E-state index in [1.54, 1.807) is 10.4 Å². The molecule has 1 nitrogen and oxygen atoms in total. The van der Waals surface area contributed by atoms with Crippen LogP contribution in [0.3, 0.4) is 0 Å². The van der Waals surface area contributed by atoms with Crippen LogP contribution in [0.1, 0.15) is 23.3 Å². The van der Waals surface area contributed by atoms with Crippen LogP contribution in [0.5, 0.6) is 0 Å². The first-order valence-corrected chi connectivity index (χ1v) is 9.11. The Kier molecular flexibility index (Phi) is 2.98. The van der Waals surface area contributed by atoms with E-state index in [1.807, 2.05) is 11.3 Å². The Labute approximate surface area is 139 Å². The van der Waals surface area contributed by atoms with Crippen LogP contribution < -0.4 is 0 Å². The van der Waals surface area contributed by atoms with Gasteiger partial charge in [-0.2, -0.15) is 0 Å². The van der Waals surface area contributed by atoms with Gasteiger partial charge >= 0.3 is 0 Å². The highest BCUT2D eigenvalue weighted by Crippen LogP contribution is 2.39. The Hall–Kier alpha value is -2.19. The van der Waals surface area contributed by atoms with Gasteiger partial charge < -0.3 is 0 Å². The fraction of sp³-hybridized carbons (Fsp3) is 0.190. The summed E-state index contributed by atoms with van der Waals surface area (Å²) in [6, 6.07) is 19.5. The van der Waals surface area contributed by atoms with E-state index < -0.39 is 0 Å². The van der Waals surface area contributed by atoms with E-state index in [1.165, 1.54) is 46.7 Å². The van der Waals surface area contributed by atoms with Crippen molar-refractivity contribution in [1.82, 2.24) is 4.98 Å². The van der Waals surface area contributed by atoms with E-state index >= 15 is 0 Å². The van der Waals surface area contributed by atoms with Gasteiger partial charge in [0.05, 0.1) is 16.1 Å². The zero-order valence-electron chi connectivity index (χ0n) is 12.9. The van der Waals surface area contributed by atoms with E-state index in [-0.39, 0.29) is 0 Å². The Morgan fingerprint density at radius 1 is 0.783 bits per heavy atom. The van der Waals surface area contributed by atoms with Crippen LogP contribution in [0.2, 0.25) is 0 Å². The Bertz CT molecular complexity index is 1010. The van der Waals surface area contributed by atoms with Gasteiger partial charge in [-0.1, -0.05) is 42.5 Å². The number of hydrogen-bond donors (Lipinski definition) is 0. The van der Waals surface area contributed by atoms with Crippen molar-refractivity contribution in [2.75, 3.05) is 0 Å². The minimum absolute atomic E-state index is 1.09. The number of para-hydroxylation sites is 1. The van der Waals surface area contributed by atoms with E-state index in [0.29, 0.717) is 0 Å². The first-order chi connectivity index (χ1) is 11.4. The number of rotatable bonds is 1. The molecule has 112 valence electrons. The topological polar surface area (TPSA) is 12.9 Å². The van der Waals surface area contributed by atoms with Crippen LogP contribution in [0.4, 0.5) is 0 Å². The first-order valence-electron chi connectivity index (χ1n) is 8.29. The van der Waals surface area contributed by atoms with Gasteiger partial charge in [0, 0.05) is 15.6 Å². The molecule has 0 aliphatic heterocycles. The molecular weight excluding hydrogens is 298 g/mol. The predicted octanol–water partition coefficient (Wildman–Crippen LogP) is 6.00. The summed E-state index contributed by atoms with van der Waals surface area (Å²) in [5.74, 6) is 0. The zero-order chi connectivity index (χ0) is 15.2. The number of hydrogen-bond acceptors (Lipinski definition) is 2. The highest BCUT2D eigenvalue weighted by molar-refractivity contribution is 7.15. The normalized spacial score (nSPS) is 14.3. The minimum atomic E-state index is 1.09. The molecule has 0 atom stereocenters. The molecule has 0 unspecified atom stereocenters. The molecule has 0 amide bonds. The summed E-state index contributed by atoms with van der Waals surface area (Å²) < 4.78 is 0. The molecule has 0 spiro atoms.